The molecule has 2 aromatic heterocycles. The van der Waals surface area contributed by atoms with Gasteiger partial charge in [-0.1, -0.05) is 25.6 Å². The van der Waals surface area contributed by atoms with Gasteiger partial charge >= 0.3 is 0 Å². The maximum Gasteiger partial charge on any atom is 0.209 e. The lowest BCUT2D eigenvalue weighted by atomic mass is 10.2. The minimum atomic E-state index is 0.655. The first-order valence-electron chi connectivity index (χ1n) is 6.71. The Morgan fingerprint density at radius 1 is 1.40 bits per heavy atom. The first-order chi connectivity index (χ1) is 9.66. The second kappa shape index (κ2) is 7.39. The highest BCUT2D eigenvalue weighted by molar-refractivity contribution is 7.98. The summed E-state index contributed by atoms with van der Waals surface area (Å²) in [5, 5.41) is 16.1. The minimum absolute atomic E-state index is 0.655. The van der Waals surface area contributed by atoms with Crippen LogP contribution in [-0.4, -0.2) is 42.8 Å². The van der Waals surface area contributed by atoms with Gasteiger partial charge in [-0.15, -0.1) is 5.10 Å². The Labute approximate surface area is 123 Å². The molecule has 0 spiro atoms. The molecule has 0 aromatic carbocycles. The number of imidazole rings is 1. The molecule has 7 nitrogen and oxygen atoms in total. The first-order valence-corrected chi connectivity index (χ1v) is 7.70. The van der Waals surface area contributed by atoms with Gasteiger partial charge in [0, 0.05) is 31.2 Å². The van der Waals surface area contributed by atoms with Crippen LogP contribution in [0.15, 0.2) is 17.7 Å². The Morgan fingerprint density at radius 2 is 2.25 bits per heavy atom. The molecule has 0 amide bonds. The van der Waals surface area contributed by atoms with Crippen molar-refractivity contribution in [2.45, 2.75) is 31.3 Å². The van der Waals surface area contributed by atoms with Gasteiger partial charge in [-0.3, -0.25) is 0 Å². The molecule has 0 unspecified atom stereocenters. The molecule has 0 radical (unpaired) electrons. The molecule has 2 heterocycles. The van der Waals surface area contributed by atoms with Crippen LogP contribution in [0.25, 0.3) is 0 Å². The van der Waals surface area contributed by atoms with E-state index in [2.05, 4.69) is 39.7 Å². The van der Waals surface area contributed by atoms with Crippen molar-refractivity contribution < 1.29 is 0 Å². The summed E-state index contributed by atoms with van der Waals surface area (Å²) in [4.78, 5) is 4.10. The third-order valence-corrected chi connectivity index (χ3v) is 3.81. The number of aryl methyl sites for hydroxylation is 1. The first kappa shape index (κ1) is 15.0. The summed E-state index contributed by atoms with van der Waals surface area (Å²) in [7, 11) is 1.99. The van der Waals surface area contributed by atoms with Crippen molar-refractivity contribution in [3.05, 3.63) is 18.2 Å². The third kappa shape index (κ3) is 4.31. The maximum absolute atomic E-state index is 4.10. The number of tetrazole rings is 1. The van der Waals surface area contributed by atoms with Gasteiger partial charge < -0.3 is 9.88 Å². The average molecular weight is 295 g/mol. The summed E-state index contributed by atoms with van der Waals surface area (Å²) < 4.78 is 3.85. The number of aromatic nitrogens is 6. The summed E-state index contributed by atoms with van der Waals surface area (Å²) in [5.74, 6) is 1.47. The Morgan fingerprint density at radius 3 is 2.95 bits per heavy atom. The molecular weight excluding hydrogens is 274 g/mol. The number of rotatable bonds is 8. The Kier molecular flexibility index (Phi) is 5.54. The monoisotopic (exact) mass is 295 g/mol. The van der Waals surface area contributed by atoms with Crippen LogP contribution in [0.1, 0.15) is 19.5 Å². The molecule has 8 heteroatoms. The fourth-order valence-electron chi connectivity index (χ4n) is 1.68. The molecule has 0 aliphatic carbocycles. The Bertz CT molecular complexity index is 519. The lowest BCUT2D eigenvalue weighted by Gasteiger charge is -2.08. The molecule has 0 aliphatic rings. The van der Waals surface area contributed by atoms with Gasteiger partial charge in [0.1, 0.15) is 0 Å². The van der Waals surface area contributed by atoms with E-state index in [-0.39, 0.29) is 0 Å². The molecule has 2 rings (SSSR count). The van der Waals surface area contributed by atoms with E-state index in [9.17, 15) is 0 Å². The molecule has 0 aliphatic heterocycles. The largest absolute Gasteiger partial charge is 0.337 e. The van der Waals surface area contributed by atoms with Gasteiger partial charge in [0.05, 0.1) is 12.9 Å². The molecule has 0 atom stereocenters. The highest BCUT2D eigenvalue weighted by Crippen LogP contribution is 2.18. The Balaban J connectivity index is 1.81. The topological polar surface area (TPSA) is 73.5 Å². The van der Waals surface area contributed by atoms with Crippen LogP contribution >= 0.6 is 11.8 Å². The Hall–Kier alpha value is -1.41. The van der Waals surface area contributed by atoms with E-state index >= 15 is 0 Å². The van der Waals surface area contributed by atoms with Gasteiger partial charge in [-0.25, -0.2) is 9.67 Å². The van der Waals surface area contributed by atoms with Gasteiger partial charge in [-0.2, -0.15) is 0 Å². The summed E-state index contributed by atoms with van der Waals surface area (Å²) in [6.45, 7) is 7.06. The predicted octanol–water partition coefficient (Wildman–Crippen LogP) is 0.944. The van der Waals surface area contributed by atoms with Crippen LogP contribution in [-0.2, 0) is 19.3 Å². The van der Waals surface area contributed by atoms with Crippen LogP contribution < -0.4 is 5.32 Å². The van der Waals surface area contributed by atoms with Crippen molar-refractivity contribution >= 4 is 11.8 Å². The van der Waals surface area contributed by atoms with Gasteiger partial charge in [0.15, 0.2) is 0 Å². The predicted molar refractivity (Wildman–Crippen MR) is 78.3 cm³/mol. The fraction of sp³-hybridized carbons (Fsp3) is 0.667. The summed E-state index contributed by atoms with van der Waals surface area (Å²) in [5.41, 5.74) is 1.16. The third-order valence-electron chi connectivity index (χ3n) is 2.82. The van der Waals surface area contributed by atoms with E-state index in [1.54, 1.807) is 18.1 Å². The molecule has 0 saturated carbocycles. The normalized spacial score (nSPS) is 11.4. The number of hydrogen-bond acceptors (Lipinski definition) is 6. The second-order valence-corrected chi connectivity index (χ2v) is 6.01. The van der Waals surface area contributed by atoms with E-state index in [1.807, 2.05) is 22.5 Å². The highest BCUT2D eigenvalue weighted by Gasteiger charge is 2.08. The molecule has 0 saturated heterocycles. The van der Waals surface area contributed by atoms with Crippen LogP contribution in [0.4, 0.5) is 0 Å². The summed E-state index contributed by atoms with van der Waals surface area (Å²) >= 11 is 1.63. The van der Waals surface area contributed by atoms with E-state index in [4.69, 9.17) is 0 Å². The van der Waals surface area contributed by atoms with Crippen molar-refractivity contribution in [3.8, 4) is 0 Å². The van der Waals surface area contributed by atoms with E-state index < -0.39 is 0 Å². The van der Waals surface area contributed by atoms with Crippen molar-refractivity contribution in [2.24, 2.45) is 13.0 Å². The molecule has 110 valence electrons. The standard InChI is InChI=1S/C12H21N7S/c1-10(2)6-13-4-5-19-12(15-16-17-19)20-8-11-7-14-9-18(11)3/h7,9-10,13H,4-6,8H2,1-3H3. The second-order valence-electron chi connectivity index (χ2n) is 5.07. The molecule has 2 aromatic rings. The van der Waals surface area contributed by atoms with Gasteiger partial charge in [0.2, 0.25) is 5.16 Å². The minimum Gasteiger partial charge on any atom is -0.337 e. The maximum atomic E-state index is 4.10. The fourth-order valence-corrected chi connectivity index (χ4v) is 2.60. The highest BCUT2D eigenvalue weighted by atomic mass is 32.2. The van der Waals surface area contributed by atoms with Gasteiger partial charge in [0.25, 0.3) is 0 Å². The van der Waals surface area contributed by atoms with Crippen LogP contribution in [0.5, 0.6) is 0 Å². The zero-order valence-corrected chi connectivity index (χ0v) is 13.0. The van der Waals surface area contributed by atoms with Crippen LogP contribution in [0.2, 0.25) is 0 Å². The average Bonchev–Trinajstić information content (AvgIpc) is 3.01. The molecule has 0 fully saturated rings. The van der Waals surface area contributed by atoms with Crippen molar-refractivity contribution in [2.75, 3.05) is 13.1 Å². The number of nitrogens with zero attached hydrogens (tertiary/aromatic N) is 6. The number of hydrogen-bond donors (Lipinski definition) is 1. The smallest absolute Gasteiger partial charge is 0.209 e. The lowest BCUT2D eigenvalue weighted by molar-refractivity contribution is 0.482. The van der Waals surface area contributed by atoms with Crippen LogP contribution in [0.3, 0.4) is 0 Å². The van der Waals surface area contributed by atoms with E-state index in [1.165, 1.54) is 0 Å². The van der Waals surface area contributed by atoms with Crippen molar-refractivity contribution in [1.82, 2.24) is 35.1 Å². The summed E-state index contributed by atoms with van der Waals surface area (Å²) in [6, 6.07) is 0. The summed E-state index contributed by atoms with van der Waals surface area (Å²) in [6.07, 6.45) is 3.67. The zero-order chi connectivity index (χ0) is 14.4. The SMILES string of the molecule is CC(C)CNCCn1nnnc1SCc1cncn1C. The van der Waals surface area contributed by atoms with E-state index in [0.717, 1.165) is 36.2 Å². The zero-order valence-electron chi connectivity index (χ0n) is 12.2. The quantitative estimate of drug-likeness (QED) is 0.577. The van der Waals surface area contributed by atoms with Gasteiger partial charge in [-0.05, 0) is 22.9 Å². The van der Waals surface area contributed by atoms with Crippen molar-refractivity contribution in [3.63, 3.8) is 0 Å². The number of thioether (sulfide) groups is 1. The van der Waals surface area contributed by atoms with Crippen molar-refractivity contribution in [1.29, 1.82) is 0 Å². The molecule has 20 heavy (non-hydrogen) atoms. The molecular formula is C12H21N7S. The lowest BCUT2D eigenvalue weighted by Crippen LogP contribution is -2.24. The van der Waals surface area contributed by atoms with E-state index in [0.29, 0.717) is 5.92 Å². The van der Waals surface area contributed by atoms with Crippen LogP contribution in [0, 0.1) is 5.92 Å². The molecule has 1 N–H and O–H groups in total. The molecule has 0 bridgehead atoms. The number of nitrogens with one attached hydrogen (secondary N) is 1.